The molecule has 0 radical (unpaired) electrons. The first-order valence-corrected chi connectivity index (χ1v) is 7.51. The number of fused-ring (bicyclic) bond motifs is 1. The van der Waals surface area contributed by atoms with E-state index in [1.807, 2.05) is 6.07 Å². The zero-order valence-corrected chi connectivity index (χ0v) is 11.3. The maximum atomic E-state index is 12.4. The quantitative estimate of drug-likeness (QED) is 0.900. The second-order valence-electron chi connectivity index (χ2n) is 4.89. The van der Waals surface area contributed by atoms with Crippen molar-refractivity contribution in [3.05, 3.63) is 29.3 Å². The molecule has 1 unspecified atom stereocenters. The Labute approximate surface area is 115 Å². The number of nitrogens with zero attached hydrogens (tertiary/aromatic N) is 1. The highest BCUT2D eigenvalue weighted by molar-refractivity contribution is 8.00. The smallest absolute Gasteiger partial charge is 0.335 e. The second-order valence-corrected chi connectivity index (χ2v) is 6.20. The molecule has 1 atom stereocenters. The summed E-state index contributed by atoms with van der Waals surface area (Å²) < 4.78 is 0. The molecule has 19 heavy (non-hydrogen) atoms. The number of thioether (sulfide) groups is 1. The second kappa shape index (κ2) is 4.89. The number of rotatable bonds is 2. The van der Waals surface area contributed by atoms with Crippen LogP contribution in [0.3, 0.4) is 0 Å². The molecule has 1 aromatic carbocycles. The number of carbonyl (C=O) groups excluding carboxylic acids is 1. The Hall–Kier alpha value is -1.49. The average molecular weight is 277 g/mol. The molecule has 0 spiro atoms. The zero-order chi connectivity index (χ0) is 13.4. The van der Waals surface area contributed by atoms with Crippen molar-refractivity contribution < 1.29 is 14.7 Å². The summed E-state index contributed by atoms with van der Waals surface area (Å²) in [7, 11) is 0. The number of hydrogen-bond donors (Lipinski definition) is 1. The summed E-state index contributed by atoms with van der Waals surface area (Å²) in [5, 5.41) is 9.10. The Kier molecular flexibility index (Phi) is 3.22. The summed E-state index contributed by atoms with van der Waals surface area (Å²) in [4.78, 5) is 25.2. The van der Waals surface area contributed by atoms with E-state index in [1.165, 1.54) is 0 Å². The minimum Gasteiger partial charge on any atom is -0.478 e. The standard InChI is InChI=1S/C14H15NO3S/c16-13(12-2-1-7-19-12)15-6-5-9-3-4-10(14(17)18)8-11(9)15/h3-4,8,12H,1-2,5-7H2,(H,17,18). The Morgan fingerprint density at radius 3 is 2.89 bits per heavy atom. The SMILES string of the molecule is O=C(O)c1ccc2c(c1)N(C(=O)C1CCCS1)CC2. The van der Waals surface area contributed by atoms with Gasteiger partial charge in [-0.05, 0) is 42.7 Å². The minimum atomic E-state index is -0.947. The molecule has 4 nitrogen and oxygen atoms in total. The molecule has 2 heterocycles. The Morgan fingerprint density at radius 1 is 1.37 bits per heavy atom. The molecule has 0 aliphatic carbocycles. The lowest BCUT2D eigenvalue weighted by molar-refractivity contribution is -0.118. The van der Waals surface area contributed by atoms with Crippen LogP contribution in [0.1, 0.15) is 28.8 Å². The van der Waals surface area contributed by atoms with Crippen molar-refractivity contribution in [2.24, 2.45) is 0 Å². The third kappa shape index (κ3) is 2.23. The van der Waals surface area contributed by atoms with Gasteiger partial charge in [0.1, 0.15) is 0 Å². The number of hydrogen-bond acceptors (Lipinski definition) is 3. The van der Waals surface area contributed by atoms with Crippen LogP contribution in [0.5, 0.6) is 0 Å². The fraction of sp³-hybridized carbons (Fsp3) is 0.429. The van der Waals surface area contributed by atoms with Crippen LogP contribution in [-0.4, -0.2) is 34.5 Å². The summed E-state index contributed by atoms with van der Waals surface area (Å²) in [6.07, 6.45) is 2.85. The molecule has 100 valence electrons. The summed E-state index contributed by atoms with van der Waals surface area (Å²) in [6.45, 7) is 0.675. The first-order chi connectivity index (χ1) is 9.16. The zero-order valence-electron chi connectivity index (χ0n) is 10.5. The van der Waals surface area contributed by atoms with Crippen molar-refractivity contribution in [2.75, 3.05) is 17.2 Å². The van der Waals surface area contributed by atoms with Gasteiger partial charge in [0.15, 0.2) is 0 Å². The molecule has 1 amide bonds. The number of aromatic carboxylic acids is 1. The predicted octanol–water partition coefficient (Wildman–Crippen LogP) is 2.17. The van der Waals surface area contributed by atoms with Gasteiger partial charge in [-0.1, -0.05) is 6.07 Å². The number of carboxylic acid groups (broad SMARTS) is 1. The lowest BCUT2D eigenvalue weighted by Crippen LogP contribution is -2.35. The van der Waals surface area contributed by atoms with Crippen molar-refractivity contribution in [3.63, 3.8) is 0 Å². The number of carboxylic acids is 1. The van der Waals surface area contributed by atoms with Gasteiger partial charge in [-0.3, -0.25) is 4.79 Å². The molecule has 5 heteroatoms. The first kappa shape index (κ1) is 12.5. The molecule has 2 aliphatic heterocycles. The van der Waals surface area contributed by atoms with E-state index in [0.29, 0.717) is 6.54 Å². The molecular weight excluding hydrogens is 262 g/mol. The van der Waals surface area contributed by atoms with Gasteiger partial charge in [0.25, 0.3) is 0 Å². The van der Waals surface area contributed by atoms with Gasteiger partial charge in [0.05, 0.1) is 10.8 Å². The van der Waals surface area contributed by atoms with Crippen molar-refractivity contribution >= 4 is 29.3 Å². The topological polar surface area (TPSA) is 57.6 Å². The average Bonchev–Trinajstić information content (AvgIpc) is 3.06. The fourth-order valence-corrected chi connectivity index (χ4v) is 3.91. The third-order valence-electron chi connectivity index (χ3n) is 3.70. The van der Waals surface area contributed by atoms with Crippen LogP contribution in [0.4, 0.5) is 5.69 Å². The highest BCUT2D eigenvalue weighted by Crippen LogP contribution is 2.34. The summed E-state index contributed by atoms with van der Waals surface area (Å²) in [6, 6.07) is 5.06. The number of benzene rings is 1. The van der Waals surface area contributed by atoms with Crippen LogP contribution in [-0.2, 0) is 11.2 Å². The van der Waals surface area contributed by atoms with E-state index >= 15 is 0 Å². The van der Waals surface area contributed by atoms with Crippen LogP contribution in [0, 0.1) is 0 Å². The first-order valence-electron chi connectivity index (χ1n) is 6.46. The van der Waals surface area contributed by atoms with E-state index in [9.17, 15) is 9.59 Å². The molecular formula is C14H15NO3S. The van der Waals surface area contributed by atoms with Crippen molar-refractivity contribution in [1.29, 1.82) is 0 Å². The van der Waals surface area contributed by atoms with Gasteiger partial charge in [0.2, 0.25) is 5.91 Å². The fourth-order valence-electron chi connectivity index (χ4n) is 2.69. The molecule has 0 aromatic heterocycles. The van der Waals surface area contributed by atoms with Crippen LogP contribution >= 0.6 is 11.8 Å². The summed E-state index contributed by atoms with van der Waals surface area (Å²) in [5.74, 6) is 0.243. The van der Waals surface area contributed by atoms with Gasteiger partial charge in [0, 0.05) is 12.2 Å². The highest BCUT2D eigenvalue weighted by atomic mass is 32.2. The van der Waals surface area contributed by atoms with Gasteiger partial charge < -0.3 is 10.0 Å². The Morgan fingerprint density at radius 2 is 2.21 bits per heavy atom. The number of anilines is 1. The van der Waals surface area contributed by atoms with Gasteiger partial charge in [-0.2, -0.15) is 0 Å². The Balaban J connectivity index is 1.89. The monoisotopic (exact) mass is 277 g/mol. The van der Waals surface area contributed by atoms with Gasteiger partial charge >= 0.3 is 5.97 Å². The Bertz CT molecular complexity index is 537. The molecule has 0 bridgehead atoms. The summed E-state index contributed by atoms with van der Waals surface area (Å²) >= 11 is 1.71. The van der Waals surface area contributed by atoms with Gasteiger partial charge in [-0.25, -0.2) is 4.79 Å². The molecule has 3 rings (SSSR count). The van der Waals surface area contributed by atoms with Crippen LogP contribution < -0.4 is 4.90 Å². The van der Waals surface area contributed by atoms with Crippen molar-refractivity contribution in [2.45, 2.75) is 24.5 Å². The van der Waals surface area contributed by atoms with E-state index in [-0.39, 0.29) is 16.7 Å². The molecule has 2 aliphatic rings. The van der Waals surface area contributed by atoms with E-state index in [1.54, 1.807) is 28.8 Å². The normalized spacial score (nSPS) is 21.5. The van der Waals surface area contributed by atoms with E-state index in [2.05, 4.69) is 0 Å². The lowest BCUT2D eigenvalue weighted by atomic mass is 10.1. The lowest BCUT2D eigenvalue weighted by Gasteiger charge is -2.21. The maximum Gasteiger partial charge on any atom is 0.335 e. The van der Waals surface area contributed by atoms with E-state index in [0.717, 1.165) is 36.3 Å². The highest BCUT2D eigenvalue weighted by Gasteiger charge is 2.32. The van der Waals surface area contributed by atoms with Crippen molar-refractivity contribution in [1.82, 2.24) is 0 Å². The molecule has 1 fully saturated rings. The molecule has 1 saturated heterocycles. The van der Waals surface area contributed by atoms with Crippen LogP contribution in [0.15, 0.2) is 18.2 Å². The van der Waals surface area contributed by atoms with Crippen LogP contribution in [0.2, 0.25) is 0 Å². The molecule has 1 aromatic rings. The number of carbonyl (C=O) groups is 2. The van der Waals surface area contributed by atoms with Crippen molar-refractivity contribution in [3.8, 4) is 0 Å². The third-order valence-corrected chi connectivity index (χ3v) is 5.06. The van der Waals surface area contributed by atoms with E-state index in [4.69, 9.17) is 5.11 Å². The number of amides is 1. The minimum absolute atomic E-state index is 0.0550. The van der Waals surface area contributed by atoms with E-state index < -0.39 is 5.97 Å². The predicted molar refractivity (Wildman–Crippen MR) is 74.9 cm³/mol. The van der Waals surface area contributed by atoms with Crippen LogP contribution in [0.25, 0.3) is 0 Å². The molecule has 0 saturated carbocycles. The molecule has 1 N–H and O–H groups in total. The largest absolute Gasteiger partial charge is 0.478 e. The van der Waals surface area contributed by atoms with Gasteiger partial charge in [-0.15, -0.1) is 11.8 Å². The summed E-state index contributed by atoms with van der Waals surface area (Å²) in [5.41, 5.74) is 2.11. The maximum absolute atomic E-state index is 12.4.